The molecule has 1 aliphatic heterocycles. The minimum atomic E-state index is -4.15. The Morgan fingerprint density at radius 2 is 1.80 bits per heavy atom. The Hall–Kier alpha value is -2.40. The molecule has 3 aromatic rings. The zero-order valence-corrected chi connectivity index (χ0v) is 17.2. The molecule has 1 N–H and O–H groups in total. The number of halogens is 3. The number of hydrogen-bond donors (Lipinski definition) is 1. The van der Waals surface area contributed by atoms with Crippen molar-refractivity contribution in [2.45, 2.75) is 11.4 Å². The van der Waals surface area contributed by atoms with Crippen LogP contribution in [-0.2, 0) is 16.6 Å². The number of fused-ring (bicyclic) bond motifs is 1. The van der Waals surface area contributed by atoms with Gasteiger partial charge in [-0.1, -0.05) is 11.6 Å². The van der Waals surface area contributed by atoms with Crippen LogP contribution in [0.25, 0.3) is 10.9 Å². The number of H-pyrrole nitrogens is 1. The average molecular weight is 455 g/mol. The fourth-order valence-electron chi connectivity index (χ4n) is 3.39. The highest BCUT2D eigenvalue weighted by atomic mass is 35.5. The minimum absolute atomic E-state index is 0.103. The van der Waals surface area contributed by atoms with Gasteiger partial charge in [-0.15, -0.1) is 0 Å². The van der Waals surface area contributed by atoms with Gasteiger partial charge in [0.1, 0.15) is 22.4 Å². The molecule has 1 saturated heterocycles. The van der Waals surface area contributed by atoms with E-state index in [-0.39, 0.29) is 18.6 Å². The Kier molecular flexibility index (Phi) is 5.58. The van der Waals surface area contributed by atoms with E-state index < -0.39 is 26.6 Å². The molecule has 158 valence electrons. The number of piperazine rings is 1. The van der Waals surface area contributed by atoms with E-state index in [9.17, 15) is 22.0 Å². The number of sulfonamides is 1. The maximum absolute atomic E-state index is 13.9. The van der Waals surface area contributed by atoms with E-state index in [1.807, 2.05) is 4.90 Å². The summed E-state index contributed by atoms with van der Waals surface area (Å²) in [7, 11) is -4.15. The monoisotopic (exact) mass is 454 g/mol. The first kappa shape index (κ1) is 20.9. The fourth-order valence-corrected chi connectivity index (χ4v) is 5.06. The summed E-state index contributed by atoms with van der Waals surface area (Å²) in [4.78, 5) is 20.7. The second kappa shape index (κ2) is 8.03. The number of aromatic amines is 1. The zero-order valence-electron chi connectivity index (χ0n) is 15.6. The second-order valence-corrected chi connectivity index (χ2v) is 9.27. The number of aromatic nitrogens is 2. The van der Waals surface area contributed by atoms with Crippen molar-refractivity contribution in [3.63, 3.8) is 0 Å². The van der Waals surface area contributed by atoms with Crippen molar-refractivity contribution in [3.8, 4) is 0 Å². The maximum Gasteiger partial charge on any atom is 0.258 e. The van der Waals surface area contributed by atoms with Gasteiger partial charge in [0, 0.05) is 31.2 Å². The van der Waals surface area contributed by atoms with Crippen LogP contribution in [0.15, 0.2) is 46.1 Å². The van der Waals surface area contributed by atoms with Gasteiger partial charge in [0.25, 0.3) is 5.56 Å². The van der Waals surface area contributed by atoms with E-state index in [1.165, 1.54) is 0 Å². The summed E-state index contributed by atoms with van der Waals surface area (Å²) in [6.07, 6.45) is 0. The highest BCUT2D eigenvalue weighted by molar-refractivity contribution is 7.89. The summed E-state index contributed by atoms with van der Waals surface area (Å²) >= 11 is 5.91. The highest BCUT2D eigenvalue weighted by Crippen LogP contribution is 2.22. The van der Waals surface area contributed by atoms with Crippen molar-refractivity contribution in [3.05, 3.63) is 69.2 Å². The smallest absolute Gasteiger partial charge is 0.258 e. The van der Waals surface area contributed by atoms with Crippen molar-refractivity contribution in [1.29, 1.82) is 0 Å². The molecule has 2 heterocycles. The molecule has 1 aromatic heterocycles. The van der Waals surface area contributed by atoms with E-state index >= 15 is 0 Å². The highest BCUT2D eigenvalue weighted by Gasteiger charge is 2.31. The van der Waals surface area contributed by atoms with E-state index in [1.54, 1.807) is 18.2 Å². The van der Waals surface area contributed by atoms with E-state index in [4.69, 9.17) is 11.6 Å². The molecule has 4 rings (SSSR count). The number of hydrogen-bond acceptors (Lipinski definition) is 5. The first-order valence-corrected chi connectivity index (χ1v) is 10.9. The largest absolute Gasteiger partial charge is 0.309 e. The lowest BCUT2D eigenvalue weighted by Crippen LogP contribution is -2.48. The molecule has 7 nitrogen and oxygen atoms in total. The summed E-state index contributed by atoms with van der Waals surface area (Å²) in [6.45, 7) is 1.21. The maximum atomic E-state index is 13.9. The topological polar surface area (TPSA) is 86.4 Å². The summed E-state index contributed by atoms with van der Waals surface area (Å²) in [5, 5.41) is 0.828. The first-order valence-electron chi connectivity index (χ1n) is 9.10. The Morgan fingerprint density at radius 1 is 1.07 bits per heavy atom. The van der Waals surface area contributed by atoms with Crippen LogP contribution in [0, 0.1) is 11.6 Å². The van der Waals surface area contributed by atoms with Gasteiger partial charge >= 0.3 is 0 Å². The summed E-state index contributed by atoms with van der Waals surface area (Å²) in [5.41, 5.74) is 0.209. The molecule has 0 bridgehead atoms. The minimum Gasteiger partial charge on any atom is -0.309 e. The molecule has 0 amide bonds. The van der Waals surface area contributed by atoms with E-state index in [0.29, 0.717) is 47.5 Å². The van der Waals surface area contributed by atoms with Gasteiger partial charge in [-0.05, 0) is 36.4 Å². The predicted octanol–water partition coefficient (Wildman–Crippen LogP) is 2.36. The molecule has 30 heavy (non-hydrogen) atoms. The van der Waals surface area contributed by atoms with Crippen molar-refractivity contribution >= 4 is 32.5 Å². The van der Waals surface area contributed by atoms with Crippen molar-refractivity contribution in [2.24, 2.45) is 0 Å². The number of nitrogens with one attached hydrogen (secondary N) is 1. The molecule has 0 radical (unpaired) electrons. The number of benzene rings is 2. The molecule has 1 fully saturated rings. The van der Waals surface area contributed by atoms with Gasteiger partial charge in [0.15, 0.2) is 0 Å². The third-order valence-electron chi connectivity index (χ3n) is 4.93. The standard InChI is InChI=1S/C19H17ClF2N4O3S/c20-12-1-4-16-14(9-12)19(27)24-18(23-16)11-25-5-7-26(8-6-25)30(28,29)17-10-13(21)2-3-15(17)22/h1-4,9-10H,5-8,11H2,(H,23,24,27). The SMILES string of the molecule is O=c1[nH]c(CN2CCN(S(=O)(=O)c3cc(F)ccc3F)CC2)nc2ccc(Cl)cc12. The van der Waals surface area contributed by atoms with E-state index in [0.717, 1.165) is 16.4 Å². The Morgan fingerprint density at radius 3 is 2.53 bits per heavy atom. The van der Waals surface area contributed by atoms with Gasteiger partial charge in [0.05, 0.1) is 17.4 Å². The molecule has 0 aliphatic carbocycles. The van der Waals surface area contributed by atoms with Crippen LogP contribution in [0.5, 0.6) is 0 Å². The quantitative estimate of drug-likeness (QED) is 0.654. The number of rotatable bonds is 4. The Bertz CT molecular complexity index is 1270. The molecule has 11 heteroatoms. The normalized spacial score (nSPS) is 16.2. The summed E-state index contributed by atoms with van der Waals surface area (Å²) in [6, 6.07) is 7.21. The average Bonchev–Trinajstić information content (AvgIpc) is 2.71. The van der Waals surface area contributed by atoms with Gasteiger partial charge in [0.2, 0.25) is 10.0 Å². The summed E-state index contributed by atoms with van der Waals surface area (Å²) < 4.78 is 53.8. The molecule has 0 spiro atoms. The van der Waals surface area contributed by atoms with Crippen LogP contribution in [0.3, 0.4) is 0 Å². The predicted molar refractivity (Wildman–Crippen MR) is 108 cm³/mol. The third kappa shape index (κ3) is 4.08. The van der Waals surface area contributed by atoms with Crippen LogP contribution in [0.2, 0.25) is 5.02 Å². The van der Waals surface area contributed by atoms with Gasteiger partial charge in [-0.3, -0.25) is 9.69 Å². The molecule has 0 atom stereocenters. The Balaban J connectivity index is 1.47. The van der Waals surface area contributed by atoms with Crippen LogP contribution in [0.1, 0.15) is 5.82 Å². The lowest BCUT2D eigenvalue weighted by atomic mass is 10.2. The molecular formula is C19H17ClF2N4O3S. The van der Waals surface area contributed by atoms with Gasteiger partial charge in [-0.2, -0.15) is 4.31 Å². The summed E-state index contributed by atoms with van der Waals surface area (Å²) in [5.74, 6) is -1.36. The van der Waals surface area contributed by atoms with E-state index in [2.05, 4.69) is 9.97 Å². The molecule has 2 aromatic carbocycles. The molecular weight excluding hydrogens is 438 g/mol. The van der Waals surface area contributed by atoms with Crippen molar-refractivity contribution in [1.82, 2.24) is 19.2 Å². The zero-order chi connectivity index (χ0) is 21.5. The lowest BCUT2D eigenvalue weighted by molar-refractivity contribution is 0.178. The third-order valence-corrected chi connectivity index (χ3v) is 7.08. The Labute approximate surface area is 176 Å². The number of nitrogens with zero attached hydrogens (tertiary/aromatic N) is 3. The van der Waals surface area contributed by atoms with Gasteiger partial charge < -0.3 is 4.98 Å². The molecule has 0 saturated carbocycles. The van der Waals surface area contributed by atoms with Crippen LogP contribution >= 0.6 is 11.6 Å². The van der Waals surface area contributed by atoms with Crippen molar-refractivity contribution < 1.29 is 17.2 Å². The first-order chi connectivity index (χ1) is 14.2. The lowest BCUT2D eigenvalue weighted by Gasteiger charge is -2.33. The van der Waals surface area contributed by atoms with Crippen LogP contribution in [0.4, 0.5) is 8.78 Å². The van der Waals surface area contributed by atoms with Gasteiger partial charge in [-0.25, -0.2) is 22.2 Å². The fraction of sp³-hybridized carbons (Fsp3) is 0.263. The van der Waals surface area contributed by atoms with Crippen molar-refractivity contribution in [2.75, 3.05) is 26.2 Å². The molecule has 0 unspecified atom stereocenters. The van der Waals surface area contributed by atoms with Crippen LogP contribution in [-0.4, -0.2) is 53.8 Å². The van der Waals surface area contributed by atoms with Crippen LogP contribution < -0.4 is 5.56 Å². The molecule has 1 aliphatic rings. The second-order valence-electron chi connectivity index (χ2n) is 6.93.